The molecule has 5 nitrogen and oxygen atoms in total. The van der Waals surface area contributed by atoms with Gasteiger partial charge in [0.25, 0.3) is 0 Å². The van der Waals surface area contributed by atoms with E-state index in [4.69, 9.17) is 5.26 Å². The van der Waals surface area contributed by atoms with E-state index in [0.29, 0.717) is 22.4 Å². The van der Waals surface area contributed by atoms with Crippen molar-refractivity contribution in [2.24, 2.45) is 0 Å². The van der Waals surface area contributed by atoms with E-state index in [1.165, 1.54) is 12.1 Å². The van der Waals surface area contributed by atoms with Crippen molar-refractivity contribution in [1.29, 1.82) is 5.26 Å². The number of allylic oxidation sites excluding steroid dienone is 1. The van der Waals surface area contributed by atoms with Gasteiger partial charge >= 0.3 is 12.2 Å². The van der Waals surface area contributed by atoms with Crippen LogP contribution in [0.2, 0.25) is 0 Å². The molecule has 1 atom stereocenters. The summed E-state index contributed by atoms with van der Waals surface area (Å²) in [6.45, 7) is 1.78. The van der Waals surface area contributed by atoms with Crippen LogP contribution in [0.25, 0.3) is 0 Å². The quantitative estimate of drug-likeness (QED) is 0.774. The lowest BCUT2D eigenvalue weighted by Gasteiger charge is -2.35. The van der Waals surface area contributed by atoms with Crippen LogP contribution in [0.5, 0.6) is 0 Å². The van der Waals surface area contributed by atoms with E-state index < -0.39 is 23.8 Å². The first-order valence-electron chi connectivity index (χ1n) is 9.25. The molecule has 2 aromatic rings. The molecule has 0 saturated heterocycles. The average molecular weight is 411 g/mol. The molecule has 0 fully saturated rings. The highest BCUT2D eigenvalue weighted by molar-refractivity contribution is 6.08. The van der Waals surface area contributed by atoms with Crippen molar-refractivity contribution >= 4 is 17.5 Å². The Morgan fingerprint density at radius 1 is 1.13 bits per heavy atom. The van der Waals surface area contributed by atoms with Crippen LogP contribution in [0.1, 0.15) is 41.1 Å². The Kier molecular flexibility index (Phi) is 4.61. The van der Waals surface area contributed by atoms with Gasteiger partial charge in [-0.2, -0.15) is 18.4 Å². The standard InChI is InChI=1S/C22H16F3N3O2/c1-12-9-13(11-26)5-6-16(12)20-19-17(7-8-18(19)29)28(21(30)27-20)15-4-2-3-14(10-15)22(23,24)25/h2-6,9-10,20H,7-8H2,1H3,(H,27,30)/t20-/m1/s1. The van der Waals surface area contributed by atoms with Crippen LogP contribution in [0.3, 0.4) is 0 Å². The largest absolute Gasteiger partial charge is 0.416 e. The van der Waals surface area contributed by atoms with Crippen LogP contribution in [0.15, 0.2) is 53.7 Å². The van der Waals surface area contributed by atoms with Crippen LogP contribution >= 0.6 is 0 Å². The van der Waals surface area contributed by atoms with Gasteiger partial charge in [0.1, 0.15) is 0 Å². The minimum atomic E-state index is -4.55. The fourth-order valence-corrected chi connectivity index (χ4v) is 4.00. The summed E-state index contributed by atoms with van der Waals surface area (Å²) in [5, 5.41) is 11.8. The van der Waals surface area contributed by atoms with Crippen molar-refractivity contribution in [1.82, 2.24) is 5.32 Å². The summed E-state index contributed by atoms with van der Waals surface area (Å²) in [6.07, 6.45) is -4.10. The highest BCUT2D eigenvalue weighted by Gasteiger charge is 2.42. The maximum atomic E-state index is 13.1. The number of aryl methyl sites for hydroxylation is 1. The second-order valence-corrected chi connectivity index (χ2v) is 7.23. The number of hydrogen-bond acceptors (Lipinski definition) is 3. The molecule has 30 heavy (non-hydrogen) atoms. The maximum absolute atomic E-state index is 13.1. The van der Waals surface area contributed by atoms with Gasteiger partial charge in [-0.3, -0.25) is 9.69 Å². The Morgan fingerprint density at radius 3 is 2.57 bits per heavy atom. The first-order chi connectivity index (χ1) is 14.2. The van der Waals surface area contributed by atoms with Crippen LogP contribution in [-0.4, -0.2) is 11.8 Å². The number of benzene rings is 2. The molecule has 2 aliphatic rings. The molecule has 4 rings (SSSR count). The Labute approximate surface area is 170 Å². The predicted octanol–water partition coefficient (Wildman–Crippen LogP) is 4.77. The summed E-state index contributed by atoms with van der Waals surface area (Å²) in [7, 11) is 0. The van der Waals surface area contributed by atoms with Gasteiger partial charge < -0.3 is 5.32 Å². The van der Waals surface area contributed by atoms with E-state index >= 15 is 0 Å². The van der Waals surface area contributed by atoms with E-state index in [2.05, 4.69) is 5.32 Å². The Balaban J connectivity index is 1.83. The zero-order valence-corrected chi connectivity index (χ0v) is 15.9. The third-order valence-electron chi connectivity index (χ3n) is 5.37. The van der Waals surface area contributed by atoms with E-state index in [0.717, 1.165) is 22.6 Å². The number of anilines is 1. The van der Waals surface area contributed by atoms with Gasteiger partial charge in [0.15, 0.2) is 5.78 Å². The zero-order chi connectivity index (χ0) is 21.6. The number of halogens is 3. The van der Waals surface area contributed by atoms with E-state index in [1.807, 2.05) is 6.07 Å². The van der Waals surface area contributed by atoms with E-state index in [-0.39, 0.29) is 24.3 Å². The monoisotopic (exact) mass is 411 g/mol. The van der Waals surface area contributed by atoms with Crippen LogP contribution in [0, 0.1) is 18.3 Å². The lowest BCUT2D eigenvalue weighted by molar-refractivity contribution is -0.137. The molecular formula is C22H16F3N3O2. The SMILES string of the molecule is Cc1cc(C#N)ccc1[C@H]1NC(=O)N(c2cccc(C(F)(F)F)c2)C2=C1C(=O)CC2. The molecule has 2 aromatic carbocycles. The second-order valence-electron chi connectivity index (χ2n) is 7.23. The number of nitriles is 1. The molecule has 0 spiro atoms. The number of nitrogens with zero attached hydrogens (tertiary/aromatic N) is 2. The molecule has 1 aliphatic carbocycles. The molecule has 0 aromatic heterocycles. The highest BCUT2D eigenvalue weighted by atomic mass is 19.4. The number of amides is 2. The van der Waals surface area contributed by atoms with E-state index in [1.54, 1.807) is 25.1 Å². The fourth-order valence-electron chi connectivity index (χ4n) is 4.00. The highest BCUT2D eigenvalue weighted by Crippen LogP contribution is 2.42. The average Bonchev–Trinajstić information content (AvgIpc) is 3.08. The molecule has 1 aliphatic heterocycles. The lowest BCUT2D eigenvalue weighted by Crippen LogP contribution is -2.47. The van der Waals surface area contributed by atoms with Crippen molar-refractivity contribution in [2.75, 3.05) is 4.90 Å². The van der Waals surface area contributed by atoms with Gasteiger partial charge in [-0.05, 0) is 54.8 Å². The van der Waals surface area contributed by atoms with Gasteiger partial charge in [0, 0.05) is 17.7 Å². The number of ketones is 1. The summed E-state index contributed by atoms with van der Waals surface area (Å²) in [6, 6.07) is 10.2. The van der Waals surface area contributed by atoms with Crippen molar-refractivity contribution in [3.63, 3.8) is 0 Å². The summed E-state index contributed by atoms with van der Waals surface area (Å²) < 4.78 is 39.4. The van der Waals surface area contributed by atoms with E-state index in [9.17, 15) is 22.8 Å². The first kappa shape index (κ1) is 19.7. The molecule has 0 radical (unpaired) electrons. The van der Waals surface area contributed by atoms with Gasteiger partial charge in [-0.25, -0.2) is 4.79 Å². The molecule has 2 amide bonds. The Morgan fingerprint density at radius 2 is 1.90 bits per heavy atom. The van der Waals surface area contributed by atoms with Crippen molar-refractivity contribution < 1.29 is 22.8 Å². The molecule has 1 N–H and O–H groups in total. The molecule has 0 unspecified atom stereocenters. The smallest absolute Gasteiger partial charge is 0.326 e. The topological polar surface area (TPSA) is 73.2 Å². The van der Waals surface area contributed by atoms with Crippen LogP contribution in [0.4, 0.5) is 23.7 Å². The predicted molar refractivity (Wildman–Crippen MR) is 102 cm³/mol. The van der Waals surface area contributed by atoms with Crippen molar-refractivity contribution in [2.45, 2.75) is 32.0 Å². The molecule has 0 bridgehead atoms. The Bertz CT molecular complexity index is 1150. The number of hydrogen-bond donors (Lipinski definition) is 1. The summed E-state index contributed by atoms with van der Waals surface area (Å²) in [5.41, 5.74) is 1.84. The number of Topliss-reactive ketones (excluding diaryl/α,β-unsaturated/α-hetero) is 1. The summed E-state index contributed by atoms with van der Waals surface area (Å²) in [4.78, 5) is 26.8. The molecular weight excluding hydrogens is 395 g/mol. The summed E-state index contributed by atoms with van der Waals surface area (Å²) >= 11 is 0. The maximum Gasteiger partial charge on any atom is 0.416 e. The number of alkyl halides is 3. The summed E-state index contributed by atoms with van der Waals surface area (Å²) in [5.74, 6) is -0.157. The minimum Gasteiger partial charge on any atom is -0.326 e. The van der Waals surface area contributed by atoms with Gasteiger partial charge in [0.05, 0.1) is 28.9 Å². The molecule has 1 heterocycles. The lowest BCUT2D eigenvalue weighted by atomic mass is 9.91. The molecule has 8 heteroatoms. The van der Waals surface area contributed by atoms with Crippen molar-refractivity contribution in [3.8, 4) is 6.07 Å². The number of rotatable bonds is 2. The number of carbonyl (C=O) groups is 2. The first-order valence-corrected chi connectivity index (χ1v) is 9.25. The second kappa shape index (κ2) is 7.02. The van der Waals surface area contributed by atoms with Gasteiger partial charge in [0.2, 0.25) is 0 Å². The number of urea groups is 1. The number of carbonyl (C=O) groups excluding carboxylic acids is 2. The van der Waals surface area contributed by atoms with Crippen LogP contribution < -0.4 is 10.2 Å². The van der Waals surface area contributed by atoms with Crippen molar-refractivity contribution in [3.05, 3.63) is 76.0 Å². The number of nitrogens with one attached hydrogen (secondary N) is 1. The fraction of sp³-hybridized carbons (Fsp3) is 0.227. The molecule has 152 valence electrons. The molecule has 0 saturated carbocycles. The third-order valence-corrected chi connectivity index (χ3v) is 5.37. The van der Waals surface area contributed by atoms with Gasteiger partial charge in [-0.15, -0.1) is 0 Å². The normalized spacial score (nSPS) is 18.9. The van der Waals surface area contributed by atoms with Gasteiger partial charge in [-0.1, -0.05) is 12.1 Å². The minimum absolute atomic E-state index is 0.0551. The third kappa shape index (κ3) is 3.22. The Hall–Kier alpha value is -3.60. The zero-order valence-electron chi connectivity index (χ0n) is 15.9. The van der Waals surface area contributed by atoms with Crippen LogP contribution in [-0.2, 0) is 11.0 Å².